The van der Waals surface area contributed by atoms with Gasteiger partial charge in [-0.1, -0.05) is 35.5 Å². The van der Waals surface area contributed by atoms with Gasteiger partial charge < -0.3 is 14.7 Å². The van der Waals surface area contributed by atoms with Crippen LogP contribution in [0.1, 0.15) is 17.3 Å². The summed E-state index contributed by atoms with van der Waals surface area (Å²) in [7, 11) is 3.79. The van der Waals surface area contributed by atoms with Crippen LogP contribution in [0, 0.1) is 6.92 Å². The van der Waals surface area contributed by atoms with Crippen molar-refractivity contribution < 1.29 is 4.52 Å². The molecule has 0 aliphatic heterocycles. The third-order valence-corrected chi connectivity index (χ3v) is 3.03. The zero-order valence-electron chi connectivity index (χ0n) is 12.7. The van der Waals surface area contributed by atoms with Gasteiger partial charge >= 0.3 is 0 Å². The van der Waals surface area contributed by atoms with E-state index >= 15 is 0 Å². The van der Waals surface area contributed by atoms with Gasteiger partial charge in [-0.15, -0.1) is 0 Å². The molecule has 6 heteroatoms. The van der Waals surface area contributed by atoms with E-state index in [-0.39, 0.29) is 0 Å². The minimum atomic E-state index is 0.640. The van der Waals surface area contributed by atoms with Gasteiger partial charge in [0.05, 0.1) is 0 Å². The summed E-state index contributed by atoms with van der Waals surface area (Å²) in [6.07, 6.45) is 0.680. The average molecular weight is 287 g/mol. The molecule has 0 atom stereocenters. The van der Waals surface area contributed by atoms with Crippen LogP contribution in [0.5, 0.6) is 0 Å². The maximum Gasteiger partial charge on any atom is 0.228 e. The molecular formula is C15H21N5O. The van der Waals surface area contributed by atoms with Crippen LogP contribution in [-0.4, -0.2) is 41.6 Å². The van der Waals surface area contributed by atoms with Crippen molar-refractivity contribution in [1.29, 1.82) is 0 Å². The fraction of sp³-hybridized carbons (Fsp3) is 0.400. The van der Waals surface area contributed by atoms with Crippen LogP contribution < -0.4 is 5.32 Å². The number of guanidine groups is 1. The third-order valence-electron chi connectivity index (χ3n) is 3.03. The van der Waals surface area contributed by atoms with E-state index in [0.29, 0.717) is 24.7 Å². The number of nitrogens with zero attached hydrogens (tertiary/aromatic N) is 4. The lowest BCUT2D eigenvalue weighted by Gasteiger charge is -2.21. The summed E-state index contributed by atoms with van der Waals surface area (Å²) in [5, 5.41) is 7.07. The first kappa shape index (κ1) is 15.0. The van der Waals surface area contributed by atoms with Gasteiger partial charge in [-0.05, 0) is 12.5 Å². The molecule has 2 rings (SSSR count). The first-order chi connectivity index (χ1) is 10.2. The van der Waals surface area contributed by atoms with Crippen LogP contribution in [0.25, 0.3) is 0 Å². The van der Waals surface area contributed by atoms with Crippen molar-refractivity contribution >= 4 is 5.96 Å². The summed E-state index contributed by atoms with van der Waals surface area (Å²) in [4.78, 5) is 10.5. The fourth-order valence-corrected chi connectivity index (χ4v) is 2.04. The van der Waals surface area contributed by atoms with Gasteiger partial charge in [0.25, 0.3) is 0 Å². The Hall–Kier alpha value is -2.37. The number of benzene rings is 1. The summed E-state index contributed by atoms with van der Waals surface area (Å²) in [5.41, 5.74) is 1.25. The molecule has 1 aromatic heterocycles. The highest BCUT2D eigenvalue weighted by Crippen LogP contribution is 2.03. The molecule has 0 fully saturated rings. The van der Waals surface area contributed by atoms with Crippen LogP contribution in [0.2, 0.25) is 0 Å². The first-order valence-electron chi connectivity index (χ1n) is 6.94. The van der Waals surface area contributed by atoms with E-state index in [0.717, 1.165) is 12.5 Å². The minimum Gasteiger partial charge on any atom is -0.356 e. The van der Waals surface area contributed by atoms with Crippen LogP contribution in [0.15, 0.2) is 39.8 Å². The second-order valence-corrected chi connectivity index (χ2v) is 4.80. The smallest absolute Gasteiger partial charge is 0.228 e. The van der Waals surface area contributed by atoms with Gasteiger partial charge in [0.15, 0.2) is 11.8 Å². The van der Waals surface area contributed by atoms with E-state index in [1.807, 2.05) is 32.2 Å². The lowest BCUT2D eigenvalue weighted by atomic mass is 10.2. The van der Waals surface area contributed by atoms with Gasteiger partial charge in [0.1, 0.15) is 0 Å². The van der Waals surface area contributed by atoms with Crippen LogP contribution in [0.4, 0.5) is 0 Å². The molecule has 0 aliphatic rings. The monoisotopic (exact) mass is 287 g/mol. The summed E-state index contributed by atoms with van der Waals surface area (Å²) in [6, 6.07) is 10.3. The number of aliphatic imine (C=N–C) groups is 1. The zero-order valence-corrected chi connectivity index (χ0v) is 12.7. The summed E-state index contributed by atoms with van der Waals surface area (Å²) < 4.78 is 5.08. The van der Waals surface area contributed by atoms with E-state index in [1.165, 1.54) is 5.56 Å². The Morgan fingerprint density at radius 2 is 2.10 bits per heavy atom. The Morgan fingerprint density at radius 1 is 1.33 bits per heavy atom. The molecule has 0 unspecified atom stereocenters. The molecule has 2 aromatic rings. The number of aromatic nitrogens is 2. The fourth-order valence-electron chi connectivity index (χ4n) is 2.04. The lowest BCUT2D eigenvalue weighted by Crippen LogP contribution is -2.39. The first-order valence-corrected chi connectivity index (χ1v) is 6.94. The van der Waals surface area contributed by atoms with E-state index in [4.69, 9.17) is 4.52 Å². The highest BCUT2D eigenvalue weighted by molar-refractivity contribution is 5.79. The largest absolute Gasteiger partial charge is 0.356 e. The molecule has 0 bridgehead atoms. The number of hydrogen-bond acceptors (Lipinski definition) is 4. The molecule has 1 heterocycles. The molecule has 1 aromatic carbocycles. The SMILES string of the molecule is CN=C(NCCc1nc(C)no1)N(C)Cc1ccccc1. The number of nitrogens with one attached hydrogen (secondary N) is 1. The molecule has 0 spiro atoms. The Balaban J connectivity index is 1.82. The zero-order chi connectivity index (χ0) is 15.1. The van der Waals surface area contributed by atoms with E-state index in [9.17, 15) is 0 Å². The second-order valence-electron chi connectivity index (χ2n) is 4.80. The molecule has 0 radical (unpaired) electrons. The standard InChI is InChI=1S/C15H21N5O/c1-12-18-14(21-19-12)9-10-17-15(16-2)20(3)11-13-7-5-4-6-8-13/h4-8H,9-11H2,1-3H3,(H,16,17). The Labute approximate surface area is 124 Å². The molecule has 1 N–H and O–H groups in total. The van der Waals surface area contributed by atoms with Crippen LogP contribution >= 0.6 is 0 Å². The summed E-state index contributed by atoms with van der Waals surface area (Å²) in [5.74, 6) is 2.15. The van der Waals surface area contributed by atoms with Gasteiger partial charge in [-0.2, -0.15) is 4.98 Å². The van der Waals surface area contributed by atoms with Crippen molar-refractivity contribution in [2.75, 3.05) is 20.6 Å². The lowest BCUT2D eigenvalue weighted by molar-refractivity contribution is 0.373. The second kappa shape index (κ2) is 7.42. The highest BCUT2D eigenvalue weighted by atomic mass is 16.5. The molecule has 0 saturated carbocycles. The maximum absolute atomic E-state index is 5.08. The highest BCUT2D eigenvalue weighted by Gasteiger charge is 2.07. The normalized spacial score (nSPS) is 11.5. The van der Waals surface area contributed by atoms with Crippen molar-refractivity contribution in [2.45, 2.75) is 19.9 Å². The van der Waals surface area contributed by atoms with Crippen molar-refractivity contribution in [3.8, 4) is 0 Å². The third kappa shape index (κ3) is 4.59. The average Bonchev–Trinajstić information content (AvgIpc) is 2.90. The Morgan fingerprint density at radius 3 is 2.71 bits per heavy atom. The number of aryl methyl sites for hydroxylation is 1. The molecule has 0 aliphatic carbocycles. The quantitative estimate of drug-likeness (QED) is 0.669. The topological polar surface area (TPSA) is 66.5 Å². The molecule has 21 heavy (non-hydrogen) atoms. The van der Waals surface area contributed by atoms with Gasteiger partial charge in [0.2, 0.25) is 5.89 Å². The molecule has 6 nitrogen and oxygen atoms in total. The van der Waals surface area contributed by atoms with E-state index in [1.54, 1.807) is 7.05 Å². The number of rotatable bonds is 5. The predicted octanol–water partition coefficient (Wildman–Crippen LogP) is 1.63. The molecule has 0 amide bonds. The summed E-state index contributed by atoms with van der Waals surface area (Å²) in [6.45, 7) is 3.32. The number of hydrogen-bond donors (Lipinski definition) is 1. The van der Waals surface area contributed by atoms with Crippen molar-refractivity contribution in [1.82, 2.24) is 20.4 Å². The predicted molar refractivity (Wildman–Crippen MR) is 82.0 cm³/mol. The van der Waals surface area contributed by atoms with Crippen molar-refractivity contribution in [3.63, 3.8) is 0 Å². The van der Waals surface area contributed by atoms with Crippen LogP contribution in [0.3, 0.4) is 0 Å². The van der Waals surface area contributed by atoms with E-state index < -0.39 is 0 Å². The Kier molecular flexibility index (Phi) is 5.31. The molecular weight excluding hydrogens is 266 g/mol. The summed E-state index contributed by atoms with van der Waals surface area (Å²) >= 11 is 0. The van der Waals surface area contributed by atoms with E-state index in [2.05, 4.69) is 37.5 Å². The van der Waals surface area contributed by atoms with Crippen molar-refractivity contribution in [3.05, 3.63) is 47.6 Å². The van der Waals surface area contributed by atoms with Gasteiger partial charge in [-0.3, -0.25) is 4.99 Å². The van der Waals surface area contributed by atoms with Gasteiger partial charge in [0, 0.05) is 33.6 Å². The minimum absolute atomic E-state index is 0.640. The molecule has 112 valence electrons. The molecule has 0 saturated heterocycles. The Bertz CT molecular complexity index is 579. The van der Waals surface area contributed by atoms with Gasteiger partial charge in [-0.25, -0.2) is 0 Å². The van der Waals surface area contributed by atoms with Crippen LogP contribution in [-0.2, 0) is 13.0 Å². The maximum atomic E-state index is 5.08. The van der Waals surface area contributed by atoms with Crippen molar-refractivity contribution in [2.24, 2.45) is 4.99 Å².